The molecule has 130 valence electrons. The minimum absolute atomic E-state index is 0.00550. The number of nitrogens with one attached hydrogen (secondary N) is 1. The fourth-order valence-electron chi connectivity index (χ4n) is 2.54. The summed E-state index contributed by atoms with van der Waals surface area (Å²) in [4.78, 5) is 39.0. The van der Waals surface area contributed by atoms with Crippen molar-refractivity contribution in [3.63, 3.8) is 0 Å². The van der Waals surface area contributed by atoms with Crippen LogP contribution in [-0.4, -0.2) is 59.7 Å². The number of amides is 3. The van der Waals surface area contributed by atoms with Gasteiger partial charge in [-0.05, 0) is 25.5 Å². The zero-order chi connectivity index (χ0) is 17.7. The van der Waals surface area contributed by atoms with Gasteiger partial charge in [0.2, 0.25) is 5.91 Å². The summed E-state index contributed by atoms with van der Waals surface area (Å²) < 4.78 is 13.6. The Labute approximate surface area is 140 Å². The summed E-state index contributed by atoms with van der Waals surface area (Å²) in [6, 6.07) is 6.08. The number of halogens is 1. The number of hydrogen-bond acceptors (Lipinski definition) is 3. The third-order valence-corrected chi connectivity index (χ3v) is 3.83. The van der Waals surface area contributed by atoms with Crippen molar-refractivity contribution >= 4 is 17.7 Å². The molecular formula is C17H22FN3O3. The van der Waals surface area contributed by atoms with E-state index in [4.69, 9.17) is 0 Å². The van der Waals surface area contributed by atoms with E-state index in [1.54, 1.807) is 36.9 Å². The van der Waals surface area contributed by atoms with Crippen LogP contribution in [-0.2, 0) is 20.8 Å². The molecule has 0 saturated carbocycles. The van der Waals surface area contributed by atoms with Gasteiger partial charge >= 0.3 is 11.8 Å². The Hall–Kier alpha value is -2.44. The largest absolute Gasteiger partial charge is 0.346 e. The van der Waals surface area contributed by atoms with Gasteiger partial charge in [0.1, 0.15) is 5.82 Å². The molecule has 0 unspecified atom stereocenters. The summed E-state index contributed by atoms with van der Waals surface area (Å²) in [7, 11) is 0. The Morgan fingerprint density at radius 1 is 1.08 bits per heavy atom. The zero-order valence-corrected chi connectivity index (χ0v) is 13.9. The Morgan fingerprint density at radius 2 is 1.67 bits per heavy atom. The number of rotatable bonds is 3. The molecule has 0 spiro atoms. The predicted octanol–water partition coefficient (Wildman–Crippen LogP) is 0.564. The van der Waals surface area contributed by atoms with Crippen LogP contribution in [0.5, 0.6) is 0 Å². The Balaban J connectivity index is 1.86. The van der Waals surface area contributed by atoms with E-state index in [1.165, 1.54) is 11.0 Å². The average Bonchev–Trinajstić information content (AvgIpc) is 2.55. The van der Waals surface area contributed by atoms with Crippen LogP contribution < -0.4 is 5.32 Å². The summed E-state index contributed by atoms with van der Waals surface area (Å²) in [5.74, 6) is -1.79. The number of carbonyl (C=O) groups is 3. The van der Waals surface area contributed by atoms with Gasteiger partial charge < -0.3 is 15.1 Å². The van der Waals surface area contributed by atoms with E-state index in [-0.39, 0.29) is 18.4 Å². The molecule has 24 heavy (non-hydrogen) atoms. The van der Waals surface area contributed by atoms with E-state index >= 15 is 0 Å². The molecule has 1 aliphatic heterocycles. The van der Waals surface area contributed by atoms with Gasteiger partial charge in [0, 0.05) is 32.2 Å². The summed E-state index contributed by atoms with van der Waals surface area (Å²) >= 11 is 0. The molecule has 0 atom stereocenters. The van der Waals surface area contributed by atoms with E-state index in [2.05, 4.69) is 5.32 Å². The van der Waals surface area contributed by atoms with E-state index < -0.39 is 17.6 Å². The van der Waals surface area contributed by atoms with Gasteiger partial charge in [0.15, 0.2) is 0 Å². The van der Waals surface area contributed by atoms with Crippen LogP contribution >= 0.6 is 0 Å². The summed E-state index contributed by atoms with van der Waals surface area (Å²) in [6.45, 7) is 4.84. The van der Waals surface area contributed by atoms with Gasteiger partial charge in [0.25, 0.3) is 0 Å². The maximum absolute atomic E-state index is 13.6. The van der Waals surface area contributed by atoms with E-state index in [0.29, 0.717) is 31.7 Å². The van der Waals surface area contributed by atoms with Gasteiger partial charge in [-0.1, -0.05) is 18.2 Å². The second kappa shape index (κ2) is 7.90. The second-order valence-electron chi connectivity index (χ2n) is 6.07. The highest BCUT2D eigenvalue weighted by Gasteiger charge is 2.28. The minimum atomic E-state index is -0.629. The topological polar surface area (TPSA) is 69.7 Å². The van der Waals surface area contributed by atoms with Crippen LogP contribution in [0.1, 0.15) is 19.4 Å². The fraction of sp³-hybridized carbons (Fsp3) is 0.471. The van der Waals surface area contributed by atoms with Crippen molar-refractivity contribution in [2.24, 2.45) is 0 Å². The Morgan fingerprint density at radius 3 is 2.25 bits per heavy atom. The quantitative estimate of drug-likeness (QED) is 0.821. The third kappa shape index (κ3) is 4.53. The van der Waals surface area contributed by atoms with Crippen molar-refractivity contribution in [2.45, 2.75) is 26.3 Å². The highest BCUT2D eigenvalue weighted by molar-refractivity contribution is 6.35. The van der Waals surface area contributed by atoms with Crippen molar-refractivity contribution < 1.29 is 18.8 Å². The number of hydrogen-bond donors (Lipinski definition) is 1. The summed E-state index contributed by atoms with van der Waals surface area (Å²) in [5.41, 5.74) is 0.359. The van der Waals surface area contributed by atoms with Crippen molar-refractivity contribution in [2.75, 3.05) is 26.2 Å². The molecule has 1 heterocycles. The number of nitrogens with zero attached hydrogens (tertiary/aromatic N) is 2. The first-order valence-corrected chi connectivity index (χ1v) is 7.99. The highest BCUT2D eigenvalue weighted by atomic mass is 19.1. The Kier molecular flexibility index (Phi) is 5.89. The number of benzene rings is 1. The minimum Gasteiger partial charge on any atom is -0.346 e. The van der Waals surface area contributed by atoms with Crippen LogP contribution in [0.15, 0.2) is 24.3 Å². The lowest BCUT2D eigenvalue weighted by atomic mass is 10.1. The van der Waals surface area contributed by atoms with Gasteiger partial charge in [-0.15, -0.1) is 0 Å². The third-order valence-electron chi connectivity index (χ3n) is 3.83. The van der Waals surface area contributed by atoms with Crippen molar-refractivity contribution in [3.8, 4) is 0 Å². The van der Waals surface area contributed by atoms with E-state index in [1.807, 2.05) is 0 Å². The van der Waals surface area contributed by atoms with Crippen LogP contribution in [0.3, 0.4) is 0 Å². The molecule has 0 aliphatic carbocycles. The molecule has 1 saturated heterocycles. The van der Waals surface area contributed by atoms with Gasteiger partial charge in [0.05, 0.1) is 6.42 Å². The monoisotopic (exact) mass is 335 g/mol. The molecule has 6 nitrogen and oxygen atoms in total. The second-order valence-corrected chi connectivity index (χ2v) is 6.07. The molecule has 1 N–H and O–H groups in total. The predicted molar refractivity (Wildman–Crippen MR) is 86.5 cm³/mol. The van der Waals surface area contributed by atoms with E-state index in [0.717, 1.165) is 0 Å². The molecule has 1 aromatic rings. The molecule has 1 fully saturated rings. The SMILES string of the molecule is CC(C)NC(=O)C(=O)N1CCN(C(=O)Cc2ccccc2F)CC1. The van der Waals surface area contributed by atoms with Crippen LogP contribution in [0.2, 0.25) is 0 Å². The van der Waals surface area contributed by atoms with E-state index in [9.17, 15) is 18.8 Å². The molecule has 0 bridgehead atoms. The lowest BCUT2D eigenvalue weighted by molar-refractivity contribution is -0.148. The average molecular weight is 335 g/mol. The summed E-state index contributed by atoms with van der Waals surface area (Å²) in [5, 5.41) is 2.56. The van der Waals surface area contributed by atoms with Crippen molar-refractivity contribution in [1.29, 1.82) is 0 Å². The van der Waals surface area contributed by atoms with Crippen LogP contribution in [0, 0.1) is 5.82 Å². The van der Waals surface area contributed by atoms with Crippen LogP contribution in [0.25, 0.3) is 0 Å². The lowest BCUT2D eigenvalue weighted by Gasteiger charge is -2.34. The zero-order valence-electron chi connectivity index (χ0n) is 13.9. The fourth-order valence-corrected chi connectivity index (χ4v) is 2.54. The van der Waals surface area contributed by atoms with Gasteiger partial charge in [-0.2, -0.15) is 0 Å². The van der Waals surface area contributed by atoms with Gasteiger partial charge in [-0.3, -0.25) is 14.4 Å². The first kappa shape index (κ1) is 17.9. The van der Waals surface area contributed by atoms with Gasteiger partial charge in [-0.25, -0.2) is 4.39 Å². The highest BCUT2D eigenvalue weighted by Crippen LogP contribution is 2.10. The molecule has 1 aliphatic rings. The molecule has 1 aromatic carbocycles. The number of piperazine rings is 1. The molecule has 2 rings (SSSR count). The maximum Gasteiger partial charge on any atom is 0.312 e. The number of carbonyl (C=O) groups excluding carboxylic acids is 3. The summed E-state index contributed by atoms with van der Waals surface area (Å²) in [6.07, 6.45) is -0.00550. The van der Waals surface area contributed by atoms with Crippen molar-refractivity contribution in [3.05, 3.63) is 35.6 Å². The molecular weight excluding hydrogens is 313 g/mol. The Bertz CT molecular complexity index is 625. The first-order valence-electron chi connectivity index (χ1n) is 7.99. The standard InChI is InChI=1S/C17H22FN3O3/c1-12(2)19-16(23)17(24)21-9-7-20(8-10-21)15(22)11-13-5-3-4-6-14(13)18/h3-6,12H,7-11H2,1-2H3,(H,19,23). The maximum atomic E-state index is 13.6. The lowest BCUT2D eigenvalue weighted by Crippen LogP contribution is -2.54. The smallest absolute Gasteiger partial charge is 0.312 e. The first-order chi connectivity index (χ1) is 11.4. The molecule has 3 amide bonds. The molecule has 0 aromatic heterocycles. The molecule has 0 radical (unpaired) electrons. The molecule has 7 heteroatoms. The van der Waals surface area contributed by atoms with Crippen molar-refractivity contribution in [1.82, 2.24) is 15.1 Å². The van der Waals surface area contributed by atoms with Crippen LogP contribution in [0.4, 0.5) is 4.39 Å². The normalized spacial score (nSPS) is 14.7.